The molecule has 1 aliphatic rings. The second kappa shape index (κ2) is 5.96. The van der Waals surface area contributed by atoms with Crippen LogP contribution in [0, 0.1) is 11.3 Å². The van der Waals surface area contributed by atoms with Crippen LogP contribution in [0.2, 0.25) is 0 Å². The van der Waals surface area contributed by atoms with E-state index >= 15 is 0 Å². The number of nitrogens with zero attached hydrogens (tertiary/aromatic N) is 2. The third-order valence-electron chi connectivity index (χ3n) is 3.66. The molecule has 0 saturated carbocycles. The molecule has 1 aromatic carbocycles. The highest BCUT2D eigenvalue weighted by molar-refractivity contribution is 6.09. The summed E-state index contributed by atoms with van der Waals surface area (Å²) in [6.07, 6.45) is 0. The van der Waals surface area contributed by atoms with Crippen molar-refractivity contribution in [3.63, 3.8) is 0 Å². The number of carbonyl (C=O) groups excluding carboxylic acids is 3. The number of nitriles is 1. The second-order valence-corrected chi connectivity index (χ2v) is 6.94. The highest BCUT2D eigenvalue weighted by atomic mass is 16.2. The van der Waals surface area contributed by atoms with Crippen LogP contribution in [0.5, 0.6) is 0 Å². The van der Waals surface area contributed by atoms with E-state index in [2.05, 4.69) is 10.6 Å². The largest absolute Gasteiger partial charge is 0.350 e. The van der Waals surface area contributed by atoms with Gasteiger partial charge in [0.25, 0.3) is 5.91 Å². The maximum absolute atomic E-state index is 12.7. The smallest absolute Gasteiger partial charge is 0.325 e. The fraction of sp³-hybridized carbons (Fsp3) is 0.412. The van der Waals surface area contributed by atoms with Crippen molar-refractivity contribution >= 4 is 17.8 Å². The van der Waals surface area contributed by atoms with E-state index in [0.717, 1.165) is 4.90 Å². The summed E-state index contributed by atoms with van der Waals surface area (Å²) < 4.78 is 0. The van der Waals surface area contributed by atoms with Crippen molar-refractivity contribution in [1.82, 2.24) is 15.5 Å². The zero-order chi connectivity index (χ0) is 18.1. The van der Waals surface area contributed by atoms with Gasteiger partial charge in [0.2, 0.25) is 5.91 Å². The van der Waals surface area contributed by atoms with Gasteiger partial charge in [-0.1, -0.05) is 12.1 Å². The molecule has 1 heterocycles. The van der Waals surface area contributed by atoms with Crippen LogP contribution in [-0.2, 0) is 15.1 Å². The average Bonchev–Trinajstić information content (AvgIpc) is 2.70. The summed E-state index contributed by atoms with van der Waals surface area (Å²) in [4.78, 5) is 37.8. The highest BCUT2D eigenvalue weighted by Gasteiger charge is 2.49. The molecule has 24 heavy (non-hydrogen) atoms. The van der Waals surface area contributed by atoms with Gasteiger partial charge in [0.15, 0.2) is 0 Å². The molecule has 4 amide bonds. The second-order valence-electron chi connectivity index (χ2n) is 6.94. The first kappa shape index (κ1) is 17.5. The lowest BCUT2D eigenvalue weighted by Crippen LogP contribution is -2.48. The summed E-state index contributed by atoms with van der Waals surface area (Å²) in [6, 6.07) is 7.85. The molecule has 1 saturated heterocycles. The van der Waals surface area contributed by atoms with Crippen molar-refractivity contribution in [2.75, 3.05) is 6.54 Å². The Labute approximate surface area is 140 Å². The zero-order valence-corrected chi connectivity index (χ0v) is 14.1. The molecule has 0 bridgehead atoms. The monoisotopic (exact) mass is 328 g/mol. The number of carbonyl (C=O) groups is 3. The highest BCUT2D eigenvalue weighted by Crippen LogP contribution is 2.29. The van der Waals surface area contributed by atoms with Gasteiger partial charge in [-0.3, -0.25) is 14.5 Å². The molecule has 1 aromatic rings. The molecule has 1 aliphatic heterocycles. The van der Waals surface area contributed by atoms with Gasteiger partial charge in [-0.15, -0.1) is 0 Å². The van der Waals surface area contributed by atoms with Crippen molar-refractivity contribution in [3.8, 4) is 6.07 Å². The summed E-state index contributed by atoms with van der Waals surface area (Å²) >= 11 is 0. The third-order valence-corrected chi connectivity index (χ3v) is 3.66. The number of rotatable bonds is 3. The first-order valence-corrected chi connectivity index (χ1v) is 7.52. The molecule has 0 spiro atoms. The van der Waals surface area contributed by atoms with Gasteiger partial charge in [0.1, 0.15) is 12.1 Å². The topological polar surface area (TPSA) is 102 Å². The Morgan fingerprint density at radius 1 is 1.38 bits per heavy atom. The maximum Gasteiger partial charge on any atom is 0.325 e. The summed E-state index contributed by atoms with van der Waals surface area (Å²) in [7, 11) is 0. The minimum absolute atomic E-state index is 0.352. The number of hydrogen-bond acceptors (Lipinski definition) is 4. The van der Waals surface area contributed by atoms with Gasteiger partial charge in [-0.25, -0.2) is 4.79 Å². The summed E-state index contributed by atoms with van der Waals surface area (Å²) in [5, 5.41) is 14.3. The minimum atomic E-state index is -1.30. The Kier molecular flexibility index (Phi) is 4.34. The first-order chi connectivity index (χ1) is 11.1. The Hall–Kier alpha value is -2.88. The third kappa shape index (κ3) is 3.38. The van der Waals surface area contributed by atoms with E-state index in [1.165, 1.54) is 0 Å². The normalized spacial score (nSPS) is 20.5. The predicted octanol–water partition coefficient (Wildman–Crippen LogP) is 1.24. The quantitative estimate of drug-likeness (QED) is 0.815. The SMILES string of the molecule is CC(C)(C)NC(=O)CN1C(=O)N[C@@](C)(c2cccc(C#N)c2)C1=O. The molecule has 2 rings (SSSR count). The van der Waals surface area contributed by atoms with Crippen molar-refractivity contribution < 1.29 is 14.4 Å². The Bertz CT molecular complexity index is 745. The predicted molar refractivity (Wildman–Crippen MR) is 86.6 cm³/mol. The number of nitrogens with one attached hydrogen (secondary N) is 2. The van der Waals surface area contributed by atoms with Gasteiger partial charge in [0.05, 0.1) is 11.6 Å². The zero-order valence-electron chi connectivity index (χ0n) is 14.1. The summed E-state index contributed by atoms with van der Waals surface area (Å²) in [5.74, 6) is -0.937. The number of benzene rings is 1. The summed E-state index contributed by atoms with van der Waals surface area (Å²) in [5.41, 5.74) is -0.870. The molecule has 1 fully saturated rings. The molecule has 0 radical (unpaired) electrons. The Balaban J connectivity index is 2.24. The lowest BCUT2D eigenvalue weighted by atomic mass is 9.91. The molecule has 0 aromatic heterocycles. The van der Waals surface area contributed by atoms with Crippen molar-refractivity contribution in [2.24, 2.45) is 0 Å². The van der Waals surface area contributed by atoms with Gasteiger partial charge in [-0.2, -0.15) is 5.26 Å². The molecule has 1 atom stereocenters. The van der Waals surface area contributed by atoms with E-state index in [4.69, 9.17) is 5.26 Å². The maximum atomic E-state index is 12.7. The van der Waals surface area contributed by atoms with E-state index in [9.17, 15) is 14.4 Å². The molecule has 7 heteroatoms. The van der Waals surface area contributed by atoms with Crippen LogP contribution in [0.15, 0.2) is 24.3 Å². The van der Waals surface area contributed by atoms with E-state index in [1.54, 1.807) is 31.2 Å². The van der Waals surface area contributed by atoms with Crippen molar-refractivity contribution in [1.29, 1.82) is 5.26 Å². The van der Waals surface area contributed by atoms with E-state index in [1.807, 2.05) is 26.8 Å². The van der Waals surface area contributed by atoms with Crippen LogP contribution in [0.3, 0.4) is 0 Å². The molecule has 2 N–H and O–H groups in total. The molecular weight excluding hydrogens is 308 g/mol. The Morgan fingerprint density at radius 3 is 2.62 bits per heavy atom. The fourth-order valence-corrected chi connectivity index (χ4v) is 2.54. The van der Waals surface area contributed by atoms with E-state index in [0.29, 0.717) is 11.1 Å². The first-order valence-electron chi connectivity index (χ1n) is 7.52. The molecule has 0 unspecified atom stereocenters. The Morgan fingerprint density at radius 2 is 2.04 bits per heavy atom. The average molecular weight is 328 g/mol. The van der Waals surface area contributed by atoms with Crippen molar-refractivity contribution in [3.05, 3.63) is 35.4 Å². The summed E-state index contributed by atoms with van der Waals surface area (Å²) in [6.45, 7) is 6.65. The van der Waals surface area contributed by atoms with Gasteiger partial charge in [0, 0.05) is 5.54 Å². The standard InChI is InChI=1S/C17H20N4O3/c1-16(2,3)19-13(22)10-21-14(23)17(4,20-15(21)24)12-7-5-6-11(8-12)9-18/h5-8H,10H2,1-4H3,(H,19,22)(H,20,24)/t17-/m0/s1. The number of amides is 4. The van der Waals surface area contributed by atoms with Crippen LogP contribution in [0.4, 0.5) is 4.79 Å². The minimum Gasteiger partial charge on any atom is -0.350 e. The lowest BCUT2D eigenvalue weighted by Gasteiger charge is -2.24. The lowest BCUT2D eigenvalue weighted by molar-refractivity contribution is -0.135. The fourth-order valence-electron chi connectivity index (χ4n) is 2.54. The van der Waals surface area contributed by atoms with E-state index in [-0.39, 0.29) is 6.54 Å². The van der Waals surface area contributed by atoms with Gasteiger partial charge in [-0.05, 0) is 45.4 Å². The van der Waals surface area contributed by atoms with Crippen LogP contribution in [0.25, 0.3) is 0 Å². The van der Waals surface area contributed by atoms with Crippen LogP contribution >= 0.6 is 0 Å². The number of imide groups is 1. The molecular formula is C17H20N4O3. The molecule has 0 aliphatic carbocycles. The number of urea groups is 1. The number of hydrogen-bond donors (Lipinski definition) is 2. The van der Waals surface area contributed by atoms with Gasteiger partial charge >= 0.3 is 6.03 Å². The van der Waals surface area contributed by atoms with E-state index < -0.39 is 28.9 Å². The van der Waals surface area contributed by atoms with Crippen molar-refractivity contribution in [2.45, 2.75) is 38.8 Å². The molecule has 7 nitrogen and oxygen atoms in total. The van der Waals surface area contributed by atoms with Gasteiger partial charge < -0.3 is 10.6 Å². The van der Waals surface area contributed by atoms with Crippen LogP contribution in [0.1, 0.15) is 38.8 Å². The molecule has 126 valence electrons. The van der Waals surface area contributed by atoms with Crippen LogP contribution in [-0.4, -0.2) is 34.8 Å². The van der Waals surface area contributed by atoms with Crippen LogP contribution < -0.4 is 10.6 Å².